The molecule has 1 unspecified atom stereocenters. The molecule has 0 bridgehead atoms. The molecule has 0 saturated carbocycles. The maximum atomic E-state index is 12.6. The number of hydrogen-bond donors (Lipinski definition) is 2. The highest BCUT2D eigenvalue weighted by Crippen LogP contribution is 2.22. The van der Waals surface area contributed by atoms with Crippen LogP contribution in [-0.4, -0.2) is 28.4 Å². The van der Waals surface area contributed by atoms with Crippen molar-refractivity contribution in [1.82, 2.24) is 10.4 Å². The molecule has 0 fully saturated rings. The van der Waals surface area contributed by atoms with Gasteiger partial charge in [-0.1, -0.05) is 12.1 Å². The predicted octanol–water partition coefficient (Wildman–Crippen LogP) is 4.01. The molecule has 0 aromatic heterocycles. The zero-order valence-corrected chi connectivity index (χ0v) is 16.0. The summed E-state index contributed by atoms with van der Waals surface area (Å²) in [6.45, 7) is 12.3. The molecule has 1 atom stereocenters. The van der Waals surface area contributed by atoms with Crippen molar-refractivity contribution in [2.24, 2.45) is 0 Å². The first-order valence-corrected chi connectivity index (χ1v) is 8.16. The molecule has 0 aliphatic carbocycles. The van der Waals surface area contributed by atoms with Crippen molar-refractivity contribution in [1.29, 1.82) is 0 Å². The standard InChI is InChI=1S/C18H29N3O4/c1-12(13-8-10-14(19)11-9-13)21(16(23)25-18(5,6)7)20-15(22)24-17(2,3)4/h8-12H,19H2,1-7H3,(H,20,22). The average Bonchev–Trinajstić information content (AvgIpc) is 2.41. The van der Waals surface area contributed by atoms with Crippen molar-refractivity contribution in [2.75, 3.05) is 5.73 Å². The molecule has 1 aromatic rings. The molecular formula is C18H29N3O4. The summed E-state index contributed by atoms with van der Waals surface area (Å²) in [5.41, 5.74) is 8.19. The molecule has 25 heavy (non-hydrogen) atoms. The second-order valence-corrected chi connectivity index (χ2v) is 7.81. The predicted molar refractivity (Wildman–Crippen MR) is 96.7 cm³/mol. The summed E-state index contributed by atoms with van der Waals surface area (Å²) in [7, 11) is 0. The lowest BCUT2D eigenvalue weighted by molar-refractivity contribution is -0.00804. The van der Waals surface area contributed by atoms with E-state index in [0.717, 1.165) is 10.6 Å². The minimum absolute atomic E-state index is 0.483. The molecule has 7 heteroatoms. The number of amides is 2. The molecular weight excluding hydrogens is 322 g/mol. The maximum absolute atomic E-state index is 12.6. The van der Waals surface area contributed by atoms with Gasteiger partial charge in [-0.05, 0) is 66.2 Å². The lowest BCUT2D eigenvalue weighted by Gasteiger charge is -2.32. The van der Waals surface area contributed by atoms with E-state index in [1.165, 1.54) is 0 Å². The van der Waals surface area contributed by atoms with Gasteiger partial charge in [-0.15, -0.1) is 0 Å². The third kappa shape index (κ3) is 7.32. The summed E-state index contributed by atoms with van der Waals surface area (Å²) in [6.07, 6.45) is -1.41. The van der Waals surface area contributed by atoms with E-state index >= 15 is 0 Å². The summed E-state index contributed by atoms with van der Waals surface area (Å²) in [4.78, 5) is 24.7. The van der Waals surface area contributed by atoms with Gasteiger partial charge in [-0.3, -0.25) is 0 Å². The van der Waals surface area contributed by atoms with Crippen LogP contribution in [0.1, 0.15) is 60.1 Å². The van der Waals surface area contributed by atoms with Crippen LogP contribution in [0.25, 0.3) is 0 Å². The zero-order valence-electron chi connectivity index (χ0n) is 16.0. The second kappa shape index (κ2) is 7.63. The van der Waals surface area contributed by atoms with Gasteiger partial charge in [0.05, 0.1) is 6.04 Å². The van der Waals surface area contributed by atoms with Gasteiger partial charge in [0.1, 0.15) is 11.2 Å². The van der Waals surface area contributed by atoms with Crippen molar-refractivity contribution in [3.8, 4) is 0 Å². The number of rotatable bonds is 2. The molecule has 0 aliphatic rings. The number of carbonyl (C=O) groups is 2. The van der Waals surface area contributed by atoms with Crippen LogP contribution in [-0.2, 0) is 9.47 Å². The van der Waals surface area contributed by atoms with E-state index in [1.54, 1.807) is 72.7 Å². The quantitative estimate of drug-likeness (QED) is 0.620. The Morgan fingerprint density at radius 2 is 1.48 bits per heavy atom. The Bertz CT molecular complexity index is 600. The molecule has 0 spiro atoms. The number of hydrogen-bond acceptors (Lipinski definition) is 5. The molecule has 1 rings (SSSR count). The highest BCUT2D eigenvalue weighted by atomic mass is 16.6. The number of benzene rings is 1. The summed E-state index contributed by atoms with van der Waals surface area (Å²) in [6, 6.07) is 6.55. The van der Waals surface area contributed by atoms with Crippen LogP contribution in [0, 0.1) is 0 Å². The first-order chi connectivity index (χ1) is 11.3. The first kappa shape index (κ1) is 20.6. The number of carbonyl (C=O) groups excluding carboxylic acids is 2. The number of nitrogens with zero attached hydrogens (tertiary/aromatic N) is 1. The lowest BCUT2D eigenvalue weighted by atomic mass is 10.1. The fourth-order valence-electron chi connectivity index (χ4n) is 1.93. The zero-order chi connectivity index (χ0) is 19.4. The van der Waals surface area contributed by atoms with Gasteiger partial charge in [0.25, 0.3) is 0 Å². The Labute approximate surface area is 149 Å². The van der Waals surface area contributed by atoms with Gasteiger partial charge >= 0.3 is 12.2 Å². The van der Waals surface area contributed by atoms with E-state index in [9.17, 15) is 9.59 Å². The highest BCUT2D eigenvalue weighted by Gasteiger charge is 2.30. The Balaban J connectivity index is 3.03. The van der Waals surface area contributed by atoms with Crippen LogP contribution < -0.4 is 11.2 Å². The van der Waals surface area contributed by atoms with Gasteiger partial charge < -0.3 is 15.2 Å². The van der Waals surface area contributed by atoms with E-state index in [0.29, 0.717) is 5.69 Å². The smallest absolute Gasteiger partial charge is 0.429 e. The summed E-state index contributed by atoms with van der Waals surface area (Å²) in [5, 5.41) is 1.12. The lowest BCUT2D eigenvalue weighted by Crippen LogP contribution is -2.50. The Morgan fingerprint density at radius 1 is 1.00 bits per heavy atom. The molecule has 3 N–H and O–H groups in total. The van der Waals surface area contributed by atoms with Gasteiger partial charge in [0.2, 0.25) is 0 Å². The Hall–Kier alpha value is -2.44. The number of nitrogens with two attached hydrogens (primary N) is 1. The number of ether oxygens (including phenoxy) is 2. The molecule has 0 heterocycles. The molecule has 0 radical (unpaired) electrons. The van der Waals surface area contributed by atoms with Crippen molar-refractivity contribution < 1.29 is 19.1 Å². The fourth-order valence-corrected chi connectivity index (χ4v) is 1.93. The Kier molecular flexibility index (Phi) is 6.29. The molecule has 2 amide bonds. The van der Waals surface area contributed by atoms with Gasteiger partial charge in [0, 0.05) is 5.69 Å². The van der Waals surface area contributed by atoms with E-state index < -0.39 is 29.4 Å². The summed E-state index contributed by atoms with van der Waals surface area (Å²) >= 11 is 0. The van der Waals surface area contributed by atoms with Gasteiger partial charge in [-0.2, -0.15) is 0 Å². The molecule has 140 valence electrons. The number of nitrogen functional groups attached to an aromatic ring is 1. The van der Waals surface area contributed by atoms with E-state index in [-0.39, 0.29) is 0 Å². The third-order valence-electron chi connectivity index (χ3n) is 3.01. The SMILES string of the molecule is CC(c1ccc(N)cc1)N(NC(=O)OC(C)(C)C)C(=O)OC(C)(C)C. The molecule has 0 aliphatic heterocycles. The first-order valence-electron chi connectivity index (χ1n) is 8.16. The van der Waals surface area contributed by atoms with Crippen LogP contribution in [0.3, 0.4) is 0 Å². The van der Waals surface area contributed by atoms with Crippen LogP contribution in [0.5, 0.6) is 0 Å². The normalized spacial score (nSPS) is 12.9. The van der Waals surface area contributed by atoms with Crippen LogP contribution in [0.2, 0.25) is 0 Å². The van der Waals surface area contributed by atoms with Crippen molar-refractivity contribution in [3.05, 3.63) is 29.8 Å². The highest BCUT2D eigenvalue weighted by molar-refractivity contribution is 5.75. The number of nitrogens with one attached hydrogen (secondary N) is 1. The fraction of sp³-hybridized carbons (Fsp3) is 0.556. The van der Waals surface area contributed by atoms with Crippen LogP contribution >= 0.6 is 0 Å². The second-order valence-electron chi connectivity index (χ2n) is 7.81. The van der Waals surface area contributed by atoms with Crippen LogP contribution in [0.15, 0.2) is 24.3 Å². The molecule has 0 saturated heterocycles. The minimum atomic E-state index is -0.736. The average molecular weight is 351 g/mol. The molecule has 7 nitrogen and oxygen atoms in total. The number of anilines is 1. The van der Waals surface area contributed by atoms with E-state index in [2.05, 4.69) is 5.43 Å². The van der Waals surface area contributed by atoms with Crippen molar-refractivity contribution in [3.63, 3.8) is 0 Å². The van der Waals surface area contributed by atoms with Gasteiger partial charge in [-0.25, -0.2) is 20.0 Å². The van der Waals surface area contributed by atoms with Crippen molar-refractivity contribution in [2.45, 2.75) is 65.7 Å². The largest absolute Gasteiger partial charge is 0.443 e. The summed E-state index contributed by atoms with van der Waals surface area (Å²) < 4.78 is 10.6. The topological polar surface area (TPSA) is 93.9 Å². The number of hydrazine groups is 1. The third-order valence-corrected chi connectivity index (χ3v) is 3.01. The van der Waals surface area contributed by atoms with Gasteiger partial charge in [0.15, 0.2) is 0 Å². The Morgan fingerprint density at radius 3 is 1.92 bits per heavy atom. The van der Waals surface area contributed by atoms with Crippen LogP contribution in [0.4, 0.5) is 15.3 Å². The summed E-state index contributed by atoms with van der Waals surface area (Å²) in [5.74, 6) is 0. The van der Waals surface area contributed by atoms with Crippen molar-refractivity contribution >= 4 is 17.9 Å². The minimum Gasteiger partial charge on any atom is -0.443 e. The van der Waals surface area contributed by atoms with E-state index in [4.69, 9.17) is 15.2 Å². The van der Waals surface area contributed by atoms with E-state index in [1.807, 2.05) is 0 Å². The monoisotopic (exact) mass is 351 g/mol. The molecule has 1 aromatic carbocycles. The maximum Gasteiger partial charge on any atom is 0.429 e.